The van der Waals surface area contributed by atoms with E-state index in [-0.39, 0.29) is 6.04 Å². The first kappa shape index (κ1) is 14.8. The van der Waals surface area contributed by atoms with E-state index >= 15 is 0 Å². The smallest absolute Gasteiger partial charge is 0.0722 e. The number of halogens is 2. The van der Waals surface area contributed by atoms with Crippen molar-refractivity contribution < 1.29 is 0 Å². The Morgan fingerprint density at radius 1 is 1.14 bits per heavy atom. The fourth-order valence-electron chi connectivity index (χ4n) is 2.55. The monoisotopic (exact) mass is 407 g/mol. The predicted molar refractivity (Wildman–Crippen MR) is 93.2 cm³/mol. The number of rotatable bonds is 3. The van der Waals surface area contributed by atoms with Crippen LogP contribution in [0.1, 0.15) is 17.3 Å². The molecule has 0 aliphatic carbocycles. The molecule has 2 N–H and O–H groups in total. The van der Waals surface area contributed by atoms with Crippen molar-refractivity contribution in [1.29, 1.82) is 0 Å². The quantitative estimate of drug-likeness (QED) is 0.700. The highest BCUT2D eigenvalue weighted by Crippen LogP contribution is 2.27. The Morgan fingerprint density at radius 3 is 2.52 bits per heavy atom. The summed E-state index contributed by atoms with van der Waals surface area (Å²) in [6, 6.07) is 14.3. The first-order valence-corrected chi connectivity index (χ1v) is 8.25. The maximum absolute atomic E-state index is 6.37. The fraction of sp³-hybridized carbons (Fsp3) is 0.188. The highest BCUT2D eigenvalue weighted by Gasteiger charge is 2.14. The van der Waals surface area contributed by atoms with Crippen LogP contribution in [0, 0.1) is 0 Å². The number of nitrogens with zero attached hydrogens (tertiary/aromatic N) is 2. The summed E-state index contributed by atoms with van der Waals surface area (Å²) in [5, 5.41) is 5.78. The van der Waals surface area contributed by atoms with Gasteiger partial charge in [-0.05, 0) is 29.8 Å². The van der Waals surface area contributed by atoms with Crippen LogP contribution in [0.4, 0.5) is 0 Å². The van der Waals surface area contributed by atoms with Gasteiger partial charge in [-0.3, -0.25) is 4.68 Å². The van der Waals surface area contributed by atoms with Gasteiger partial charge >= 0.3 is 0 Å². The molecule has 3 aromatic rings. The Labute approximate surface area is 140 Å². The molecule has 1 aromatic heterocycles. The lowest BCUT2D eigenvalue weighted by atomic mass is 10.0. The second-order valence-electron chi connectivity index (χ2n) is 5.10. The molecule has 1 atom stereocenters. The van der Waals surface area contributed by atoms with E-state index in [1.165, 1.54) is 5.39 Å². The van der Waals surface area contributed by atoms with E-state index in [1.807, 2.05) is 29.9 Å². The van der Waals surface area contributed by atoms with Gasteiger partial charge < -0.3 is 5.73 Å². The minimum Gasteiger partial charge on any atom is -0.324 e. The van der Waals surface area contributed by atoms with Gasteiger partial charge in [-0.1, -0.05) is 50.1 Å². The molecule has 0 bridgehead atoms. The molecule has 3 rings (SSSR count). The number of fused-ring (bicyclic) bond motifs is 1. The molecular weight excluding hydrogens is 394 g/mol. The van der Waals surface area contributed by atoms with E-state index in [9.17, 15) is 0 Å². The van der Waals surface area contributed by atoms with Gasteiger partial charge in [0.1, 0.15) is 0 Å². The largest absolute Gasteiger partial charge is 0.324 e. The molecule has 0 aliphatic heterocycles. The minimum atomic E-state index is -0.0860. The Kier molecular flexibility index (Phi) is 4.15. The maximum Gasteiger partial charge on any atom is 0.0722 e. The maximum atomic E-state index is 6.37. The third-order valence-corrected chi connectivity index (χ3v) is 4.48. The minimum absolute atomic E-state index is 0.0860. The molecule has 1 unspecified atom stereocenters. The summed E-state index contributed by atoms with van der Waals surface area (Å²) in [4.78, 5) is 0. The van der Waals surface area contributed by atoms with E-state index < -0.39 is 0 Å². The van der Waals surface area contributed by atoms with Gasteiger partial charge in [-0.2, -0.15) is 5.10 Å². The van der Waals surface area contributed by atoms with Gasteiger partial charge in [0.25, 0.3) is 0 Å². The van der Waals surface area contributed by atoms with Crippen molar-refractivity contribution in [2.75, 3.05) is 0 Å². The topological polar surface area (TPSA) is 43.8 Å². The Balaban J connectivity index is 1.94. The van der Waals surface area contributed by atoms with Crippen molar-refractivity contribution in [3.8, 4) is 0 Å². The molecule has 0 aliphatic rings. The summed E-state index contributed by atoms with van der Waals surface area (Å²) in [5.41, 5.74) is 9.64. The molecular formula is C16H15Br2N3. The number of para-hydroxylation sites is 1. The molecule has 2 aromatic carbocycles. The van der Waals surface area contributed by atoms with Crippen LogP contribution < -0.4 is 5.73 Å². The summed E-state index contributed by atoms with van der Waals surface area (Å²) < 4.78 is 3.95. The van der Waals surface area contributed by atoms with Crippen molar-refractivity contribution in [2.45, 2.75) is 12.5 Å². The summed E-state index contributed by atoms with van der Waals surface area (Å²) in [6.45, 7) is 0. The molecule has 1 heterocycles. The van der Waals surface area contributed by atoms with Crippen LogP contribution >= 0.6 is 31.9 Å². The van der Waals surface area contributed by atoms with Gasteiger partial charge in [0, 0.05) is 33.8 Å². The van der Waals surface area contributed by atoms with Crippen LogP contribution in [0.15, 0.2) is 51.4 Å². The fourth-order valence-corrected chi connectivity index (χ4v) is 3.88. The van der Waals surface area contributed by atoms with Crippen LogP contribution in [-0.4, -0.2) is 9.78 Å². The molecule has 108 valence electrons. The SMILES string of the molecule is Cn1nc(CC(N)c2cc(Br)cc(Br)c2)c2ccccc21. The number of hydrogen-bond donors (Lipinski definition) is 1. The van der Waals surface area contributed by atoms with E-state index in [0.29, 0.717) is 6.42 Å². The van der Waals surface area contributed by atoms with Gasteiger partial charge in [0.15, 0.2) is 0 Å². The summed E-state index contributed by atoms with van der Waals surface area (Å²) in [7, 11) is 1.97. The lowest BCUT2D eigenvalue weighted by Gasteiger charge is -2.12. The van der Waals surface area contributed by atoms with Crippen molar-refractivity contribution in [2.24, 2.45) is 12.8 Å². The van der Waals surface area contributed by atoms with Gasteiger partial charge in [-0.25, -0.2) is 0 Å². The van der Waals surface area contributed by atoms with Gasteiger partial charge in [0.05, 0.1) is 11.2 Å². The first-order chi connectivity index (χ1) is 10.0. The molecule has 0 spiro atoms. The highest BCUT2D eigenvalue weighted by atomic mass is 79.9. The van der Waals surface area contributed by atoms with E-state index in [2.05, 4.69) is 61.2 Å². The van der Waals surface area contributed by atoms with Crippen LogP contribution in [0.3, 0.4) is 0 Å². The molecule has 0 saturated carbocycles. The second-order valence-corrected chi connectivity index (χ2v) is 6.93. The Hall–Kier alpha value is -1.17. The number of hydrogen-bond acceptors (Lipinski definition) is 2. The third-order valence-electron chi connectivity index (χ3n) is 3.56. The second kappa shape index (κ2) is 5.91. The standard InChI is InChI=1S/C16H15Br2N3/c1-21-16-5-3-2-4-13(16)15(20-21)9-14(19)10-6-11(17)8-12(18)7-10/h2-8,14H,9,19H2,1H3. The van der Waals surface area contributed by atoms with E-state index in [1.54, 1.807) is 0 Å². The van der Waals surface area contributed by atoms with Crippen molar-refractivity contribution in [1.82, 2.24) is 9.78 Å². The molecule has 0 fully saturated rings. The summed E-state index contributed by atoms with van der Waals surface area (Å²) in [6.07, 6.45) is 0.713. The average Bonchev–Trinajstić information content (AvgIpc) is 2.75. The lowest BCUT2D eigenvalue weighted by molar-refractivity contribution is 0.681. The zero-order valence-corrected chi connectivity index (χ0v) is 14.7. The number of aromatic nitrogens is 2. The number of benzene rings is 2. The van der Waals surface area contributed by atoms with Crippen LogP contribution in [-0.2, 0) is 13.5 Å². The highest BCUT2D eigenvalue weighted by molar-refractivity contribution is 9.11. The zero-order valence-electron chi connectivity index (χ0n) is 11.6. The molecule has 0 amide bonds. The molecule has 5 heteroatoms. The summed E-state index contributed by atoms with van der Waals surface area (Å²) in [5.74, 6) is 0. The van der Waals surface area contributed by atoms with Gasteiger partial charge in [0.2, 0.25) is 0 Å². The number of nitrogens with two attached hydrogens (primary N) is 1. The van der Waals surface area contributed by atoms with Crippen molar-refractivity contribution >= 4 is 42.8 Å². The lowest BCUT2D eigenvalue weighted by Crippen LogP contribution is -2.14. The Morgan fingerprint density at radius 2 is 1.81 bits per heavy atom. The molecule has 0 radical (unpaired) electrons. The molecule has 21 heavy (non-hydrogen) atoms. The predicted octanol–water partition coefficient (Wildman–Crippen LogP) is 4.34. The average molecular weight is 409 g/mol. The van der Waals surface area contributed by atoms with Gasteiger partial charge in [-0.15, -0.1) is 0 Å². The van der Waals surface area contributed by atoms with Crippen LogP contribution in [0.5, 0.6) is 0 Å². The summed E-state index contributed by atoms with van der Waals surface area (Å²) >= 11 is 7.01. The third kappa shape index (κ3) is 3.05. The van der Waals surface area contributed by atoms with Crippen molar-refractivity contribution in [3.05, 3.63) is 62.7 Å². The van der Waals surface area contributed by atoms with E-state index in [0.717, 1.165) is 25.7 Å². The normalized spacial score (nSPS) is 12.8. The Bertz CT molecular complexity index is 775. The molecule has 0 saturated heterocycles. The molecule has 3 nitrogen and oxygen atoms in total. The van der Waals surface area contributed by atoms with Crippen LogP contribution in [0.25, 0.3) is 10.9 Å². The first-order valence-electron chi connectivity index (χ1n) is 6.67. The number of aryl methyl sites for hydroxylation is 1. The van der Waals surface area contributed by atoms with Crippen molar-refractivity contribution in [3.63, 3.8) is 0 Å². The zero-order chi connectivity index (χ0) is 15.0. The van der Waals surface area contributed by atoms with E-state index in [4.69, 9.17) is 5.73 Å². The van der Waals surface area contributed by atoms with Crippen LogP contribution in [0.2, 0.25) is 0 Å².